The maximum absolute atomic E-state index is 12.3. The van der Waals surface area contributed by atoms with Crippen molar-refractivity contribution in [2.75, 3.05) is 18.4 Å². The van der Waals surface area contributed by atoms with E-state index in [1.54, 1.807) is 0 Å². The molecule has 2 heterocycles. The summed E-state index contributed by atoms with van der Waals surface area (Å²) in [6, 6.07) is 0. The van der Waals surface area contributed by atoms with Gasteiger partial charge >= 0.3 is 0 Å². The third-order valence-corrected chi connectivity index (χ3v) is 4.10. The molecule has 1 amide bonds. The van der Waals surface area contributed by atoms with E-state index in [4.69, 9.17) is 0 Å². The van der Waals surface area contributed by atoms with Crippen LogP contribution >= 0.6 is 11.5 Å². The molecule has 2 N–H and O–H groups in total. The molecule has 94 valence electrons. The number of nitrogens with one attached hydrogen (secondary N) is 2. The van der Waals surface area contributed by atoms with E-state index in [9.17, 15) is 4.79 Å². The second-order valence-corrected chi connectivity index (χ2v) is 5.27. The van der Waals surface area contributed by atoms with Gasteiger partial charge in [0.15, 0.2) is 0 Å². The van der Waals surface area contributed by atoms with E-state index in [1.165, 1.54) is 11.5 Å². The van der Waals surface area contributed by atoms with E-state index in [0.717, 1.165) is 32.4 Å². The SMILES string of the molecule is CCC1(C(=O)Nc2nc(C)ns2)CCCNC1. The van der Waals surface area contributed by atoms with Crippen molar-refractivity contribution in [3.8, 4) is 0 Å². The Morgan fingerprint density at radius 1 is 1.65 bits per heavy atom. The molecular weight excluding hydrogens is 236 g/mol. The number of anilines is 1. The molecule has 2 rings (SSSR count). The van der Waals surface area contributed by atoms with Crippen LogP contribution in [0.4, 0.5) is 5.13 Å². The first-order valence-electron chi connectivity index (χ1n) is 5.99. The van der Waals surface area contributed by atoms with Gasteiger partial charge in [0, 0.05) is 18.1 Å². The molecule has 0 saturated carbocycles. The molecule has 5 nitrogen and oxygen atoms in total. The number of rotatable bonds is 3. The lowest BCUT2D eigenvalue weighted by atomic mass is 9.77. The standard InChI is InChI=1S/C11H18N4OS/c1-3-11(5-4-6-12-7-11)9(16)14-10-13-8(2)15-17-10/h12H,3-7H2,1-2H3,(H,13,14,15,16). The second-order valence-electron chi connectivity index (χ2n) is 4.52. The molecule has 0 radical (unpaired) electrons. The molecule has 1 atom stereocenters. The second kappa shape index (κ2) is 5.10. The number of amides is 1. The van der Waals surface area contributed by atoms with Crippen LogP contribution in [0.5, 0.6) is 0 Å². The van der Waals surface area contributed by atoms with Crippen molar-refractivity contribution in [3.63, 3.8) is 0 Å². The van der Waals surface area contributed by atoms with Crippen LogP contribution in [-0.4, -0.2) is 28.4 Å². The van der Waals surface area contributed by atoms with Gasteiger partial charge in [0.05, 0.1) is 5.41 Å². The first-order chi connectivity index (χ1) is 8.16. The molecule has 1 fully saturated rings. The van der Waals surface area contributed by atoms with Crippen LogP contribution in [0.25, 0.3) is 0 Å². The van der Waals surface area contributed by atoms with Gasteiger partial charge in [0.25, 0.3) is 0 Å². The summed E-state index contributed by atoms with van der Waals surface area (Å²) >= 11 is 1.24. The molecule has 0 aliphatic carbocycles. The Hall–Kier alpha value is -1.01. The van der Waals surface area contributed by atoms with E-state index in [2.05, 4.69) is 26.9 Å². The summed E-state index contributed by atoms with van der Waals surface area (Å²) in [5.74, 6) is 0.779. The fraction of sp³-hybridized carbons (Fsp3) is 0.727. The molecule has 1 aliphatic rings. The predicted octanol–water partition coefficient (Wildman–Crippen LogP) is 1.56. The Balaban J connectivity index is 2.07. The molecule has 6 heteroatoms. The first kappa shape index (κ1) is 12.4. The number of hydrogen-bond donors (Lipinski definition) is 2. The number of nitrogens with zero attached hydrogens (tertiary/aromatic N) is 2. The normalized spacial score (nSPS) is 24.6. The predicted molar refractivity (Wildman–Crippen MR) is 68.1 cm³/mol. The van der Waals surface area contributed by atoms with Gasteiger partial charge in [-0.3, -0.25) is 4.79 Å². The number of carbonyl (C=O) groups excluding carboxylic acids is 1. The summed E-state index contributed by atoms with van der Waals surface area (Å²) in [6.07, 6.45) is 2.85. The molecular formula is C11H18N4OS. The molecule has 1 unspecified atom stereocenters. The van der Waals surface area contributed by atoms with Crippen LogP contribution in [-0.2, 0) is 4.79 Å². The van der Waals surface area contributed by atoms with E-state index < -0.39 is 0 Å². The van der Waals surface area contributed by atoms with Gasteiger partial charge in [-0.2, -0.15) is 4.37 Å². The summed E-state index contributed by atoms with van der Waals surface area (Å²) in [5.41, 5.74) is -0.280. The topological polar surface area (TPSA) is 66.9 Å². The van der Waals surface area contributed by atoms with Crippen LogP contribution in [0.1, 0.15) is 32.0 Å². The van der Waals surface area contributed by atoms with Gasteiger partial charge in [0.2, 0.25) is 11.0 Å². The molecule has 1 saturated heterocycles. The lowest BCUT2D eigenvalue weighted by Crippen LogP contribution is -2.47. The van der Waals surface area contributed by atoms with Gasteiger partial charge in [0.1, 0.15) is 5.82 Å². The molecule has 1 aromatic rings. The Morgan fingerprint density at radius 3 is 3.00 bits per heavy atom. The fourth-order valence-corrected chi connectivity index (χ4v) is 2.77. The maximum atomic E-state index is 12.3. The third kappa shape index (κ3) is 2.63. The van der Waals surface area contributed by atoms with Crippen LogP contribution in [0.15, 0.2) is 0 Å². The van der Waals surface area contributed by atoms with Gasteiger partial charge in [-0.25, -0.2) is 4.98 Å². The van der Waals surface area contributed by atoms with Crippen molar-refractivity contribution in [3.05, 3.63) is 5.82 Å². The monoisotopic (exact) mass is 254 g/mol. The summed E-state index contributed by atoms with van der Waals surface area (Å²) in [5, 5.41) is 6.80. The maximum Gasteiger partial charge on any atom is 0.233 e. The van der Waals surface area contributed by atoms with Gasteiger partial charge in [-0.1, -0.05) is 6.92 Å². The number of piperidine rings is 1. The van der Waals surface area contributed by atoms with Crippen LogP contribution in [0, 0.1) is 12.3 Å². The number of hydrogen-bond acceptors (Lipinski definition) is 5. The van der Waals surface area contributed by atoms with E-state index in [-0.39, 0.29) is 11.3 Å². The summed E-state index contributed by atoms with van der Waals surface area (Å²) in [4.78, 5) is 16.5. The van der Waals surface area contributed by atoms with Crippen LogP contribution in [0.2, 0.25) is 0 Å². The highest BCUT2D eigenvalue weighted by molar-refractivity contribution is 7.09. The minimum Gasteiger partial charge on any atom is -0.316 e. The third-order valence-electron chi connectivity index (χ3n) is 3.38. The van der Waals surface area contributed by atoms with Crippen LogP contribution in [0.3, 0.4) is 0 Å². The number of aryl methyl sites for hydroxylation is 1. The lowest BCUT2D eigenvalue weighted by Gasteiger charge is -2.34. The molecule has 1 aromatic heterocycles. The average Bonchev–Trinajstić information content (AvgIpc) is 2.75. The van der Waals surface area contributed by atoms with E-state index >= 15 is 0 Å². The van der Waals surface area contributed by atoms with Crippen molar-refractivity contribution in [2.24, 2.45) is 5.41 Å². The Labute approximate surface area is 105 Å². The highest BCUT2D eigenvalue weighted by atomic mass is 32.1. The summed E-state index contributed by atoms with van der Waals surface area (Å²) < 4.78 is 4.06. The smallest absolute Gasteiger partial charge is 0.233 e. The summed E-state index contributed by atoms with van der Waals surface area (Å²) in [7, 11) is 0. The van der Waals surface area contributed by atoms with Crippen molar-refractivity contribution in [2.45, 2.75) is 33.1 Å². The molecule has 0 aromatic carbocycles. The quantitative estimate of drug-likeness (QED) is 0.859. The van der Waals surface area contributed by atoms with Gasteiger partial charge in [-0.15, -0.1) is 0 Å². The Kier molecular flexibility index (Phi) is 3.73. The molecule has 0 spiro atoms. The van der Waals surface area contributed by atoms with Crippen LogP contribution < -0.4 is 10.6 Å². The number of carbonyl (C=O) groups is 1. The largest absolute Gasteiger partial charge is 0.316 e. The Morgan fingerprint density at radius 2 is 2.47 bits per heavy atom. The van der Waals surface area contributed by atoms with Crippen molar-refractivity contribution < 1.29 is 4.79 Å². The van der Waals surface area contributed by atoms with E-state index in [1.807, 2.05) is 6.92 Å². The highest BCUT2D eigenvalue weighted by Crippen LogP contribution is 2.31. The summed E-state index contributed by atoms with van der Waals surface area (Å²) in [6.45, 7) is 5.65. The number of aromatic nitrogens is 2. The van der Waals surface area contributed by atoms with E-state index in [0.29, 0.717) is 11.0 Å². The Bertz CT molecular complexity index is 398. The van der Waals surface area contributed by atoms with Crippen molar-refractivity contribution in [1.82, 2.24) is 14.7 Å². The zero-order valence-electron chi connectivity index (χ0n) is 10.2. The minimum absolute atomic E-state index is 0.0725. The minimum atomic E-state index is -0.280. The van der Waals surface area contributed by atoms with Crippen molar-refractivity contribution >= 4 is 22.6 Å². The van der Waals surface area contributed by atoms with Crippen molar-refractivity contribution in [1.29, 1.82) is 0 Å². The molecule has 1 aliphatic heterocycles. The zero-order valence-corrected chi connectivity index (χ0v) is 11.1. The molecule has 17 heavy (non-hydrogen) atoms. The van der Waals surface area contributed by atoms with Gasteiger partial charge in [-0.05, 0) is 32.7 Å². The molecule has 0 bridgehead atoms. The zero-order chi connectivity index (χ0) is 12.3. The first-order valence-corrected chi connectivity index (χ1v) is 6.76. The lowest BCUT2D eigenvalue weighted by molar-refractivity contribution is -0.126. The average molecular weight is 254 g/mol. The fourth-order valence-electron chi connectivity index (χ4n) is 2.20. The highest BCUT2D eigenvalue weighted by Gasteiger charge is 2.38. The van der Waals surface area contributed by atoms with Gasteiger partial charge < -0.3 is 10.6 Å².